The summed E-state index contributed by atoms with van der Waals surface area (Å²) < 4.78 is 0. The van der Waals surface area contributed by atoms with Gasteiger partial charge in [-0.3, -0.25) is 9.88 Å². The zero-order valence-corrected chi connectivity index (χ0v) is 12.3. The molecule has 0 spiro atoms. The molecule has 0 saturated carbocycles. The first kappa shape index (κ1) is 14.5. The summed E-state index contributed by atoms with van der Waals surface area (Å²) in [6.07, 6.45) is 1.88. The molecule has 0 unspecified atom stereocenters. The number of hydrogen-bond donors (Lipinski definition) is 1. The van der Waals surface area contributed by atoms with Crippen molar-refractivity contribution < 1.29 is 0 Å². The smallest absolute Gasteiger partial charge is 0.0564 e. The summed E-state index contributed by atoms with van der Waals surface area (Å²) in [5.74, 6) is 0. The number of rotatable bonds is 7. The fraction of sp³-hybridized carbons (Fsp3) is 0.353. The highest BCUT2D eigenvalue weighted by Crippen LogP contribution is 2.12. The third-order valence-electron chi connectivity index (χ3n) is 3.28. The van der Waals surface area contributed by atoms with Crippen molar-refractivity contribution in [3.63, 3.8) is 0 Å². The minimum Gasteiger partial charge on any atom is -0.385 e. The van der Waals surface area contributed by atoms with E-state index in [2.05, 4.69) is 65.4 Å². The number of anilines is 1. The minimum absolute atomic E-state index is 0.880. The Morgan fingerprint density at radius 3 is 2.55 bits per heavy atom. The molecule has 2 rings (SSSR count). The van der Waals surface area contributed by atoms with Gasteiger partial charge in [0.15, 0.2) is 0 Å². The predicted octanol–water partition coefficient (Wildman–Crippen LogP) is 3.54. The summed E-state index contributed by atoms with van der Waals surface area (Å²) in [4.78, 5) is 6.87. The minimum atomic E-state index is 0.880. The van der Waals surface area contributed by atoms with E-state index in [-0.39, 0.29) is 0 Å². The van der Waals surface area contributed by atoms with Gasteiger partial charge in [-0.25, -0.2) is 0 Å². The van der Waals surface area contributed by atoms with Crippen LogP contribution in [-0.2, 0) is 13.1 Å². The second-order valence-electron chi connectivity index (χ2n) is 4.86. The molecule has 1 aromatic heterocycles. The van der Waals surface area contributed by atoms with Gasteiger partial charge >= 0.3 is 0 Å². The molecule has 0 bridgehead atoms. The van der Waals surface area contributed by atoms with Crippen LogP contribution in [0.3, 0.4) is 0 Å². The zero-order chi connectivity index (χ0) is 14.2. The highest BCUT2D eigenvalue weighted by Gasteiger charge is 2.06. The Morgan fingerprint density at radius 2 is 1.85 bits per heavy atom. The van der Waals surface area contributed by atoms with Gasteiger partial charge < -0.3 is 5.32 Å². The number of hydrogen-bond acceptors (Lipinski definition) is 3. The van der Waals surface area contributed by atoms with E-state index in [4.69, 9.17) is 0 Å². The summed E-state index contributed by atoms with van der Waals surface area (Å²) >= 11 is 0. The lowest BCUT2D eigenvalue weighted by molar-refractivity contribution is 0.268. The van der Waals surface area contributed by atoms with E-state index >= 15 is 0 Å². The standard InChI is InChI=1S/C17H23N3/c1-3-18-16-10-11-19-17(12-16)14-20(4-2)13-15-8-6-5-7-9-15/h5-12H,3-4,13-14H2,1-2H3,(H,18,19). The Kier molecular flexibility index (Phi) is 5.56. The van der Waals surface area contributed by atoms with E-state index in [0.29, 0.717) is 0 Å². The lowest BCUT2D eigenvalue weighted by Crippen LogP contribution is -2.22. The third-order valence-corrected chi connectivity index (χ3v) is 3.28. The van der Waals surface area contributed by atoms with Crippen LogP contribution in [0.1, 0.15) is 25.1 Å². The first-order chi connectivity index (χ1) is 9.81. The van der Waals surface area contributed by atoms with Gasteiger partial charge in [-0.2, -0.15) is 0 Å². The fourth-order valence-corrected chi connectivity index (χ4v) is 2.23. The van der Waals surface area contributed by atoms with Crippen LogP contribution in [0.4, 0.5) is 5.69 Å². The molecule has 0 aliphatic carbocycles. The second-order valence-corrected chi connectivity index (χ2v) is 4.86. The molecule has 0 atom stereocenters. The maximum atomic E-state index is 4.47. The monoisotopic (exact) mass is 269 g/mol. The number of benzene rings is 1. The normalized spacial score (nSPS) is 10.8. The van der Waals surface area contributed by atoms with Gasteiger partial charge in [0.05, 0.1) is 5.69 Å². The van der Waals surface area contributed by atoms with Crippen molar-refractivity contribution in [1.29, 1.82) is 0 Å². The molecule has 1 aromatic carbocycles. The molecule has 3 heteroatoms. The van der Waals surface area contributed by atoms with Crippen LogP contribution in [0.5, 0.6) is 0 Å². The number of nitrogens with one attached hydrogen (secondary N) is 1. The highest BCUT2D eigenvalue weighted by molar-refractivity contribution is 5.42. The molecule has 3 nitrogen and oxygen atoms in total. The Morgan fingerprint density at radius 1 is 1.05 bits per heavy atom. The summed E-state index contributed by atoms with van der Waals surface area (Å²) in [6.45, 7) is 8.09. The number of pyridine rings is 1. The number of nitrogens with zero attached hydrogens (tertiary/aromatic N) is 2. The quantitative estimate of drug-likeness (QED) is 0.833. The molecule has 2 aromatic rings. The average Bonchev–Trinajstić information content (AvgIpc) is 2.48. The molecule has 0 radical (unpaired) electrons. The lowest BCUT2D eigenvalue weighted by Gasteiger charge is -2.20. The molecule has 20 heavy (non-hydrogen) atoms. The molecule has 0 aliphatic rings. The maximum absolute atomic E-state index is 4.47. The van der Waals surface area contributed by atoms with Crippen LogP contribution < -0.4 is 5.32 Å². The lowest BCUT2D eigenvalue weighted by atomic mass is 10.2. The summed E-state index contributed by atoms with van der Waals surface area (Å²) in [7, 11) is 0. The summed E-state index contributed by atoms with van der Waals surface area (Å²) in [5.41, 5.74) is 3.60. The molecule has 0 amide bonds. The van der Waals surface area contributed by atoms with Gasteiger partial charge in [-0.1, -0.05) is 37.3 Å². The van der Waals surface area contributed by atoms with Crippen molar-refractivity contribution in [2.24, 2.45) is 0 Å². The van der Waals surface area contributed by atoms with Crippen LogP contribution in [0, 0.1) is 0 Å². The summed E-state index contributed by atoms with van der Waals surface area (Å²) in [6, 6.07) is 14.7. The Bertz CT molecular complexity index is 511. The van der Waals surface area contributed by atoms with E-state index in [9.17, 15) is 0 Å². The third kappa shape index (κ3) is 4.35. The molecule has 0 fully saturated rings. The van der Waals surface area contributed by atoms with Gasteiger partial charge in [0.1, 0.15) is 0 Å². The molecule has 0 saturated heterocycles. The second kappa shape index (κ2) is 7.65. The largest absolute Gasteiger partial charge is 0.385 e. The SMILES string of the molecule is CCNc1ccnc(CN(CC)Cc2ccccc2)c1. The van der Waals surface area contributed by atoms with Gasteiger partial charge in [0, 0.05) is 31.5 Å². The highest BCUT2D eigenvalue weighted by atomic mass is 15.1. The molecule has 106 valence electrons. The fourth-order valence-electron chi connectivity index (χ4n) is 2.23. The van der Waals surface area contributed by atoms with Crippen molar-refractivity contribution in [1.82, 2.24) is 9.88 Å². The van der Waals surface area contributed by atoms with Crippen LogP contribution in [-0.4, -0.2) is 23.0 Å². The van der Waals surface area contributed by atoms with Crippen LogP contribution in [0.15, 0.2) is 48.7 Å². The van der Waals surface area contributed by atoms with Crippen LogP contribution in [0.25, 0.3) is 0 Å². The number of aromatic nitrogens is 1. The van der Waals surface area contributed by atoms with Gasteiger partial charge in [0.25, 0.3) is 0 Å². The van der Waals surface area contributed by atoms with Crippen LogP contribution >= 0.6 is 0 Å². The Hall–Kier alpha value is -1.87. The molecular weight excluding hydrogens is 246 g/mol. The average molecular weight is 269 g/mol. The Labute approximate surface area is 121 Å². The first-order valence-electron chi connectivity index (χ1n) is 7.27. The Balaban J connectivity index is 2.00. The molecule has 1 heterocycles. The van der Waals surface area contributed by atoms with Crippen molar-refractivity contribution >= 4 is 5.69 Å². The topological polar surface area (TPSA) is 28.2 Å². The maximum Gasteiger partial charge on any atom is 0.0564 e. The zero-order valence-electron chi connectivity index (χ0n) is 12.3. The first-order valence-corrected chi connectivity index (χ1v) is 7.27. The van der Waals surface area contributed by atoms with Crippen molar-refractivity contribution in [2.75, 3.05) is 18.4 Å². The van der Waals surface area contributed by atoms with Gasteiger partial charge in [0.2, 0.25) is 0 Å². The van der Waals surface area contributed by atoms with E-state index in [0.717, 1.165) is 37.6 Å². The van der Waals surface area contributed by atoms with Crippen molar-refractivity contribution in [2.45, 2.75) is 26.9 Å². The molecular formula is C17H23N3. The van der Waals surface area contributed by atoms with Crippen molar-refractivity contribution in [3.05, 3.63) is 59.9 Å². The van der Waals surface area contributed by atoms with Crippen LogP contribution in [0.2, 0.25) is 0 Å². The van der Waals surface area contributed by atoms with Gasteiger partial charge in [-0.15, -0.1) is 0 Å². The summed E-state index contributed by atoms with van der Waals surface area (Å²) in [5, 5.41) is 3.33. The van der Waals surface area contributed by atoms with E-state index < -0.39 is 0 Å². The van der Waals surface area contributed by atoms with Gasteiger partial charge in [-0.05, 0) is 31.2 Å². The molecule has 1 N–H and O–H groups in total. The van der Waals surface area contributed by atoms with E-state index in [1.165, 1.54) is 5.56 Å². The van der Waals surface area contributed by atoms with E-state index in [1.807, 2.05) is 12.3 Å². The van der Waals surface area contributed by atoms with E-state index in [1.54, 1.807) is 0 Å². The predicted molar refractivity (Wildman–Crippen MR) is 84.6 cm³/mol. The molecule has 0 aliphatic heterocycles. The van der Waals surface area contributed by atoms with Crippen molar-refractivity contribution in [3.8, 4) is 0 Å².